The van der Waals surface area contributed by atoms with Gasteiger partial charge in [0.2, 0.25) is 0 Å². The van der Waals surface area contributed by atoms with Gasteiger partial charge in [-0.2, -0.15) is 0 Å². The van der Waals surface area contributed by atoms with Gasteiger partial charge in [0.15, 0.2) is 0 Å². The summed E-state index contributed by atoms with van der Waals surface area (Å²) in [6.07, 6.45) is 1.76. The number of rotatable bonds is 5. The molecule has 36 heavy (non-hydrogen) atoms. The van der Waals surface area contributed by atoms with Crippen molar-refractivity contribution in [1.29, 1.82) is 0 Å². The quantitative estimate of drug-likeness (QED) is 0.174. The average molecular weight is 498 g/mol. The summed E-state index contributed by atoms with van der Waals surface area (Å²) in [4.78, 5) is 38.4. The van der Waals surface area contributed by atoms with Gasteiger partial charge in [-0.3, -0.25) is 24.6 Å². The molecule has 1 saturated heterocycles. The molecule has 1 aliphatic rings. The van der Waals surface area contributed by atoms with Crippen molar-refractivity contribution in [3.8, 4) is 5.69 Å². The number of aryl methyl sites for hydroxylation is 2. The molecule has 2 amide bonds. The minimum Gasteiger partial charge on any atom is -0.318 e. The second kappa shape index (κ2) is 9.13. The number of hydrogen-bond acceptors (Lipinski definition) is 5. The number of aromatic nitrogens is 1. The minimum absolute atomic E-state index is 0.0406. The molecule has 0 spiro atoms. The Kier molecular flexibility index (Phi) is 5.97. The first-order chi connectivity index (χ1) is 17.2. The third-order valence-corrected chi connectivity index (χ3v) is 7.38. The summed E-state index contributed by atoms with van der Waals surface area (Å²) in [5, 5.41) is 12.9. The largest absolute Gasteiger partial charge is 0.318 e. The number of nitro benzene ring substituents is 1. The van der Waals surface area contributed by atoms with Crippen molar-refractivity contribution in [3.05, 3.63) is 110 Å². The van der Waals surface area contributed by atoms with Crippen LogP contribution in [-0.4, -0.2) is 25.5 Å². The number of amides is 2. The number of carbonyl (C=O) groups is 2. The van der Waals surface area contributed by atoms with E-state index in [4.69, 9.17) is 0 Å². The van der Waals surface area contributed by atoms with Crippen LogP contribution in [0.1, 0.15) is 28.1 Å². The SMILES string of the molecule is Cc1cc([N+](=O)[O-])ccc1-n1c(C)cc(/C=C2\SC(=O)N(Cc3cccc4ccccc34)C2=O)c1C. The molecular weight excluding hydrogens is 474 g/mol. The molecule has 7 nitrogen and oxygen atoms in total. The van der Waals surface area contributed by atoms with Crippen LogP contribution in [0.5, 0.6) is 0 Å². The molecule has 1 fully saturated rings. The fourth-order valence-corrected chi connectivity index (χ4v) is 5.52. The number of benzene rings is 3. The molecule has 0 atom stereocenters. The highest BCUT2D eigenvalue weighted by Crippen LogP contribution is 2.36. The van der Waals surface area contributed by atoms with Crippen LogP contribution >= 0.6 is 11.8 Å². The van der Waals surface area contributed by atoms with Gasteiger partial charge in [0.1, 0.15) is 0 Å². The number of nitrogens with zero attached hydrogens (tertiary/aromatic N) is 3. The lowest BCUT2D eigenvalue weighted by Gasteiger charge is -2.14. The molecule has 180 valence electrons. The second-order valence-corrected chi connectivity index (χ2v) is 9.79. The molecule has 1 aromatic heterocycles. The molecule has 4 aromatic rings. The van der Waals surface area contributed by atoms with E-state index < -0.39 is 4.92 Å². The standard InChI is InChI=1S/C28H23N3O4S/c1-17-13-23(31(34)35)11-12-25(17)30-18(2)14-22(19(30)3)15-26-27(32)29(28(33)36-26)16-21-9-6-8-20-7-4-5-10-24(20)21/h4-15H,16H2,1-3H3/b26-15-. The van der Waals surface area contributed by atoms with Gasteiger partial charge in [-0.25, -0.2) is 0 Å². The summed E-state index contributed by atoms with van der Waals surface area (Å²) in [6.45, 7) is 5.92. The molecule has 0 radical (unpaired) electrons. The van der Waals surface area contributed by atoms with Gasteiger partial charge < -0.3 is 4.57 Å². The number of nitro groups is 1. The Morgan fingerprint density at radius 3 is 2.47 bits per heavy atom. The van der Waals surface area contributed by atoms with E-state index in [1.54, 1.807) is 18.2 Å². The van der Waals surface area contributed by atoms with E-state index >= 15 is 0 Å². The van der Waals surface area contributed by atoms with Crippen LogP contribution in [-0.2, 0) is 11.3 Å². The van der Waals surface area contributed by atoms with Gasteiger partial charge in [-0.1, -0.05) is 42.5 Å². The number of thioether (sulfide) groups is 1. The lowest BCUT2D eigenvalue weighted by molar-refractivity contribution is -0.384. The Hall–Kier alpha value is -4.17. The third-order valence-electron chi connectivity index (χ3n) is 6.47. The number of non-ortho nitro benzene ring substituents is 1. The molecule has 8 heteroatoms. The Morgan fingerprint density at radius 2 is 1.72 bits per heavy atom. The maximum atomic E-state index is 13.2. The van der Waals surface area contributed by atoms with Gasteiger partial charge in [-0.15, -0.1) is 0 Å². The van der Waals surface area contributed by atoms with Gasteiger partial charge in [0.05, 0.1) is 16.4 Å². The van der Waals surface area contributed by atoms with E-state index in [9.17, 15) is 19.7 Å². The highest BCUT2D eigenvalue weighted by atomic mass is 32.2. The Balaban J connectivity index is 1.46. The summed E-state index contributed by atoms with van der Waals surface area (Å²) < 4.78 is 2.01. The van der Waals surface area contributed by atoms with E-state index in [0.717, 1.165) is 56.3 Å². The highest BCUT2D eigenvalue weighted by Gasteiger charge is 2.35. The molecule has 0 aliphatic carbocycles. The van der Waals surface area contributed by atoms with E-state index in [0.29, 0.717) is 4.91 Å². The van der Waals surface area contributed by atoms with Gasteiger partial charge >= 0.3 is 0 Å². The van der Waals surface area contributed by atoms with Crippen molar-refractivity contribution in [2.45, 2.75) is 27.3 Å². The Labute approximate surface area is 212 Å². The predicted octanol–water partition coefficient (Wildman–Crippen LogP) is 6.70. The molecule has 0 saturated carbocycles. The number of hydrogen-bond donors (Lipinski definition) is 0. The van der Waals surface area contributed by atoms with Gasteiger partial charge in [0.25, 0.3) is 16.8 Å². The van der Waals surface area contributed by atoms with Crippen LogP contribution in [0.2, 0.25) is 0 Å². The molecular formula is C28H23N3O4S. The number of imide groups is 1. The first-order valence-corrected chi connectivity index (χ1v) is 12.2. The smallest absolute Gasteiger partial charge is 0.293 e. The van der Waals surface area contributed by atoms with E-state index in [2.05, 4.69) is 0 Å². The summed E-state index contributed by atoms with van der Waals surface area (Å²) in [7, 11) is 0. The van der Waals surface area contributed by atoms with E-state index in [-0.39, 0.29) is 23.4 Å². The van der Waals surface area contributed by atoms with Crippen LogP contribution in [0, 0.1) is 30.9 Å². The van der Waals surface area contributed by atoms with Crippen LogP contribution in [0.4, 0.5) is 10.5 Å². The average Bonchev–Trinajstić information content (AvgIpc) is 3.28. The maximum absolute atomic E-state index is 13.2. The summed E-state index contributed by atoms with van der Waals surface area (Å²) in [5.41, 5.74) is 5.19. The molecule has 0 unspecified atom stereocenters. The van der Waals surface area contributed by atoms with E-state index in [1.165, 1.54) is 11.0 Å². The Morgan fingerprint density at radius 1 is 0.972 bits per heavy atom. The van der Waals surface area contributed by atoms with Crippen LogP contribution in [0.25, 0.3) is 22.5 Å². The minimum atomic E-state index is -0.411. The molecule has 1 aliphatic heterocycles. The van der Waals surface area contributed by atoms with Gasteiger partial charge in [0, 0.05) is 29.2 Å². The zero-order valence-corrected chi connectivity index (χ0v) is 20.8. The maximum Gasteiger partial charge on any atom is 0.293 e. The summed E-state index contributed by atoms with van der Waals surface area (Å²) in [5.74, 6) is -0.311. The number of fused-ring (bicyclic) bond motifs is 1. The van der Waals surface area contributed by atoms with Crippen molar-refractivity contribution >= 4 is 45.4 Å². The Bertz CT molecular complexity index is 1600. The molecule has 5 rings (SSSR count). The topological polar surface area (TPSA) is 85.4 Å². The normalized spacial score (nSPS) is 14.9. The lowest BCUT2D eigenvalue weighted by Crippen LogP contribution is -2.27. The lowest BCUT2D eigenvalue weighted by atomic mass is 10.0. The van der Waals surface area contributed by atoms with Crippen LogP contribution in [0.15, 0.2) is 71.6 Å². The molecule has 0 N–H and O–H groups in total. The van der Waals surface area contributed by atoms with Crippen LogP contribution < -0.4 is 0 Å². The van der Waals surface area contributed by atoms with Gasteiger partial charge in [-0.05, 0) is 78.2 Å². The fraction of sp³-hybridized carbons (Fsp3) is 0.143. The van der Waals surface area contributed by atoms with Crippen molar-refractivity contribution in [1.82, 2.24) is 9.47 Å². The number of carbonyl (C=O) groups excluding carboxylic acids is 2. The van der Waals surface area contributed by atoms with Crippen molar-refractivity contribution < 1.29 is 14.5 Å². The first-order valence-electron chi connectivity index (χ1n) is 11.4. The van der Waals surface area contributed by atoms with Crippen molar-refractivity contribution in [2.24, 2.45) is 0 Å². The van der Waals surface area contributed by atoms with Crippen molar-refractivity contribution in [2.75, 3.05) is 0 Å². The van der Waals surface area contributed by atoms with Crippen molar-refractivity contribution in [3.63, 3.8) is 0 Å². The first kappa shape index (κ1) is 23.6. The highest BCUT2D eigenvalue weighted by molar-refractivity contribution is 8.18. The van der Waals surface area contributed by atoms with Crippen LogP contribution in [0.3, 0.4) is 0 Å². The second-order valence-electron chi connectivity index (χ2n) is 8.80. The predicted molar refractivity (Wildman–Crippen MR) is 142 cm³/mol. The third kappa shape index (κ3) is 4.09. The fourth-order valence-electron chi connectivity index (χ4n) is 4.69. The zero-order chi connectivity index (χ0) is 25.6. The molecule has 3 aromatic carbocycles. The summed E-state index contributed by atoms with van der Waals surface area (Å²) >= 11 is 0.944. The van der Waals surface area contributed by atoms with E-state index in [1.807, 2.05) is 73.9 Å². The summed E-state index contributed by atoms with van der Waals surface area (Å²) in [6, 6.07) is 20.5. The molecule has 0 bridgehead atoms. The zero-order valence-electron chi connectivity index (χ0n) is 20.0. The molecule has 2 heterocycles. The monoisotopic (exact) mass is 497 g/mol.